The van der Waals surface area contributed by atoms with Gasteiger partial charge in [0.15, 0.2) is 6.10 Å². The zero-order valence-corrected chi connectivity index (χ0v) is 14.5. The van der Waals surface area contributed by atoms with Crippen molar-refractivity contribution in [2.24, 2.45) is 0 Å². The topological polar surface area (TPSA) is 47.6 Å². The number of anilines is 1. The third-order valence-corrected chi connectivity index (χ3v) is 3.61. The average molecular weight is 327 g/mol. The van der Waals surface area contributed by atoms with Crippen LogP contribution in [-0.4, -0.2) is 18.6 Å². The lowest BCUT2D eigenvalue weighted by Crippen LogP contribution is -2.30. The molecular weight excluding hydrogens is 302 g/mol. The molecule has 1 atom stereocenters. The molecule has 1 amide bonds. The van der Waals surface area contributed by atoms with Gasteiger partial charge in [0.2, 0.25) is 0 Å². The van der Waals surface area contributed by atoms with Gasteiger partial charge >= 0.3 is 0 Å². The van der Waals surface area contributed by atoms with E-state index in [0.29, 0.717) is 12.4 Å². The fourth-order valence-corrected chi connectivity index (χ4v) is 2.16. The number of hydrogen-bond donors (Lipinski definition) is 1. The van der Waals surface area contributed by atoms with Crippen molar-refractivity contribution < 1.29 is 14.3 Å². The molecule has 2 rings (SSSR count). The normalized spacial score (nSPS) is 11.6. The molecule has 2 aromatic carbocycles. The summed E-state index contributed by atoms with van der Waals surface area (Å²) in [6.07, 6.45) is 1.37. The predicted octanol–water partition coefficient (Wildman–Crippen LogP) is 4.44. The maximum Gasteiger partial charge on any atom is 0.265 e. The minimum Gasteiger partial charge on any atom is -0.494 e. The van der Waals surface area contributed by atoms with Crippen LogP contribution in [0.5, 0.6) is 11.5 Å². The summed E-state index contributed by atoms with van der Waals surface area (Å²) in [6.45, 7) is 6.59. The highest BCUT2D eigenvalue weighted by Gasteiger charge is 2.14. The van der Waals surface area contributed by atoms with E-state index in [2.05, 4.69) is 19.2 Å². The number of carbonyl (C=O) groups excluding carboxylic acids is 1. The highest BCUT2D eigenvalue weighted by molar-refractivity contribution is 5.94. The van der Waals surface area contributed by atoms with Gasteiger partial charge in [0.25, 0.3) is 5.91 Å². The van der Waals surface area contributed by atoms with Crippen molar-refractivity contribution in [1.29, 1.82) is 0 Å². The Morgan fingerprint density at radius 1 is 1.00 bits per heavy atom. The zero-order valence-electron chi connectivity index (χ0n) is 14.5. The summed E-state index contributed by atoms with van der Waals surface area (Å²) in [4.78, 5) is 12.2. The van der Waals surface area contributed by atoms with E-state index in [-0.39, 0.29) is 5.91 Å². The number of benzene rings is 2. The molecule has 0 aliphatic carbocycles. The lowest BCUT2D eigenvalue weighted by molar-refractivity contribution is -0.122. The van der Waals surface area contributed by atoms with E-state index in [0.717, 1.165) is 24.3 Å². The molecule has 0 aromatic heterocycles. The second-order valence-electron chi connectivity index (χ2n) is 5.62. The minimum atomic E-state index is -0.575. The standard InChI is InChI=1S/C20H25NO3/c1-4-14-23-18-12-8-17(9-13-18)21-20(22)15(3)24-19-10-6-16(5-2)7-11-19/h6-13,15H,4-5,14H2,1-3H3,(H,21,22). The van der Waals surface area contributed by atoms with E-state index in [9.17, 15) is 4.79 Å². The molecule has 1 unspecified atom stereocenters. The van der Waals surface area contributed by atoms with Crippen LogP contribution in [0.3, 0.4) is 0 Å². The van der Waals surface area contributed by atoms with E-state index in [4.69, 9.17) is 9.47 Å². The summed E-state index contributed by atoms with van der Waals surface area (Å²) in [6, 6.07) is 15.1. The molecule has 0 saturated carbocycles. The number of ether oxygens (including phenoxy) is 2. The van der Waals surface area contributed by atoms with Crippen molar-refractivity contribution in [3.63, 3.8) is 0 Å². The number of amides is 1. The highest BCUT2D eigenvalue weighted by atomic mass is 16.5. The van der Waals surface area contributed by atoms with Gasteiger partial charge in [-0.1, -0.05) is 26.0 Å². The molecule has 0 saturated heterocycles. The van der Waals surface area contributed by atoms with Crippen LogP contribution < -0.4 is 14.8 Å². The van der Waals surface area contributed by atoms with Crippen LogP contribution in [0.25, 0.3) is 0 Å². The fourth-order valence-electron chi connectivity index (χ4n) is 2.16. The molecule has 128 valence electrons. The van der Waals surface area contributed by atoms with E-state index in [1.54, 1.807) is 6.92 Å². The van der Waals surface area contributed by atoms with Crippen LogP contribution in [0, 0.1) is 0 Å². The third kappa shape index (κ3) is 5.30. The van der Waals surface area contributed by atoms with Crippen LogP contribution in [0.2, 0.25) is 0 Å². The van der Waals surface area contributed by atoms with Gasteiger partial charge in [-0.3, -0.25) is 4.79 Å². The number of hydrogen-bond acceptors (Lipinski definition) is 3. The lowest BCUT2D eigenvalue weighted by Gasteiger charge is -2.15. The number of carbonyl (C=O) groups is 1. The first kappa shape index (κ1) is 17.9. The SMILES string of the molecule is CCCOc1ccc(NC(=O)C(C)Oc2ccc(CC)cc2)cc1. The monoisotopic (exact) mass is 327 g/mol. The van der Waals surface area contributed by atoms with Gasteiger partial charge in [-0.25, -0.2) is 0 Å². The van der Waals surface area contributed by atoms with Crippen molar-refractivity contribution in [1.82, 2.24) is 0 Å². The highest BCUT2D eigenvalue weighted by Crippen LogP contribution is 2.18. The van der Waals surface area contributed by atoms with Crippen LogP contribution >= 0.6 is 0 Å². The second kappa shape index (κ2) is 8.96. The number of rotatable bonds is 8. The van der Waals surface area contributed by atoms with E-state index in [1.807, 2.05) is 48.5 Å². The molecular formula is C20H25NO3. The molecule has 0 spiro atoms. The van der Waals surface area contributed by atoms with Gasteiger partial charge in [0, 0.05) is 5.69 Å². The molecule has 4 heteroatoms. The average Bonchev–Trinajstić information content (AvgIpc) is 2.61. The molecule has 0 aliphatic heterocycles. The first-order valence-corrected chi connectivity index (χ1v) is 8.41. The van der Waals surface area contributed by atoms with Crippen molar-refractivity contribution in [3.8, 4) is 11.5 Å². The third-order valence-electron chi connectivity index (χ3n) is 3.61. The van der Waals surface area contributed by atoms with Gasteiger partial charge in [0.1, 0.15) is 11.5 Å². The minimum absolute atomic E-state index is 0.184. The van der Waals surface area contributed by atoms with Gasteiger partial charge in [-0.05, 0) is 61.7 Å². The Labute approximate surface area is 143 Å². The zero-order chi connectivity index (χ0) is 17.4. The largest absolute Gasteiger partial charge is 0.494 e. The Kier molecular flexibility index (Phi) is 6.67. The maximum atomic E-state index is 12.2. The molecule has 0 bridgehead atoms. The van der Waals surface area contributed by atoms with E-state index < -0.39 is 6.10 Å². The molecule has 2 aromatic rings. The Bertz CT molecular complexity index is 635. The number of aryl methyl sites for hydroxylation is 1. The van der Waals surface area contributed by atoms with Crippen LogP contribution in [-0.2, 0) is 11.2 Å². The molecule has 0 heterocycles. The first-order chi connectivity index (χ1) is 11.6. The summed E-state index contributed by atoms with van der Waals surface area (Å²) in [5.41, 5.74) is 1.96. The molecule has 0 radical (unpaired) electrons. The predicted molar refractivity (Wildman–Crippen MR) is 96.8 cm³/mol. The van der Waals surface area contributed by atoms with E-state index in [1.165, 1.54) is 5.56 Å². The molecule has 24 heavy (non-hydrogen) atoms. The van der Waals surface area contributed by atoms with Gasteiger partial charge in [-0.2, -0.15) is 0 Å². The van der Waals surface area contributed by atoms with Gasteiger partial charge in [0.05, 0.1) is 6.61 Å². The molecule has 1 N–H and O–H groups in total. The van der Waals surface area contributed by atoms with Crippen LogP contribution in [0.15, 0.2) is 48.5 Å². The first-order valence-electron chi connectivity index (χ1n) is 8.41. The summed E-state index contributed by atoms with van der Waals surface area (Å²) < 4.78 is 11.2. The van der Waals surface area contributed by atoms with E-state index >= 15 is 0 Å². The van der Waals surface area contributed by atoms with Crippen molar-refractivity contribution in [3.05, 3.63) is 54.1 Å². The maximum absolute atomic E-state index is 12.2. The molecule has 4 nitrogen and oxygen atoms in total. The van der Waals surface area contributed by atoms with Crippen LogP contribution in [0.1, 0.15) is 32.8 Å². The Morgan fingerprint density at radius 3 is 2.21 bits per heavy atom. The Balaban J connectivity index is 1.88. The summed E-state index contributed by atoms with van der Waals surface area (Å²) in [7, 11) is 0. The van der Waals surface area contributed by atoms with Gasteiger partial charge in [-0.15, -0.1) is 0 Å². The Morgan fingerprint density at radius 2 is 1.62 bits per heavy atom. The smallest absolute Gasteiger partial charge is 0.265 e. The fraction of sp³-hybridized carbons (Fsp3) is 0.350. The number of nitrogens with one attached hydrogen (secondary N) is 1. The summed E-state index contributed by atoms with van der Waals surface area (Å²) in [5.74, 6) is 1.31. The summed E-state index contributed by atoms with van der Waals surface area (Å²) in [5, 5.41) is 2.85. The van der Waals surface area contributed by atoms with Crippen molar-refractivity contribution >= 4 is 11.6 Å². The Hall–Kier alpha value is -2.49. The van der Waals surface area contributed by atoms with Crippen LogP contribution in [0.4, 0.5) is 5.69 Å². The molecule has 0 fully saturated rings. The lowest BCUT2D eigenvalue weighted by atomic mass is 10.2. The van der Waals surface area contributed by atoms with Crippen molar-refractivity contribution in [2.45, 2.75) is 39.7 Å². The van der Waals surface area contributed by atoms with Gasteiger partial charge < -0.3 is 14.8 Å². The van der Waals surface area contributed by atoms with Crippen molar-refractivity contribution in [2.75, 3.05) is 11.9 Å². The second-order valence-corrected chi connectivity index (χ2v) is 5.62. The molecule has 0 aliphatic rings. The summed E-state index contributed by atoms with van der Waals surface area (Å²) >= 11 is 0. The quantitative estimate of drug-likeness (QED) is 0.779.